The van der Waals surface area contributed by atoms with E-state index in [1.54, 1.807) is 0 Å². The first-order valence-corrected chi connectivity index (χ1v) is 6.03. The van der Waals surface area contributed by atoms with E-state index in [0.717, 1.165) is 13.2 Å². The SMILES string of the molecule is COC(=O)c1c(OC(F)(F)F)cc(CBr)nc1C(F)F. The Morgan fingerprint density at radius 3 is 2.45 bits per heavy atom. The van der Waals surface area contributed by atoms with Crippen molar-refractivity contribution in [1.82, 2.24) is 4.98 Å². The molecule has 0 bridgehead atoms. The van der Waals surface area contributed by atoms with Gasteiger partial charge in [0.05, 0.1) is 12.8 Å². The predicted molar refractivity (Wildman–Crippen MR) is 59.8 cm³/mol. The first-order valence-electron chi connectivity index (χ1n) is 4.91. The number of methoxy groups -OCH3 is 1. The summed E-state index contributed by atoms with van der Waals surface area (Å²) in [6.45, 7) is 0. The van der Waals surface area contributed by atoms with E-state index in [2.05, 4.69) is 30.4 Å². The molecule has 0 aromatic carbocycles. The third-order valence-electron chi connectivity index (χ3n) is 2.02. The zero-order chi connectivity index (χ0) is 15.5. The minimum Gasteiger partial charge on any atom is -0.465 e. The molecule has 4 nitrogen and oxygen atoms in total. The van der Waals surface area contributed by atoms with E-state index >= 15 is 0 Å². The molecular weight excluding hydrogens is 357 g/mol. The van der Waals surface area contributed by atoms with E-state index in [0.29, 0.717) is 0 Å². The highest BCUT2D eigenvalue weighted by Crippen LogP contribution is 2.33. The van der Waals surface area contributed by atoms with Crippen LogP contribution in [0.4, 0.5) is 22.0 Å². The molecule has 10 heteroatoms. The standard InChI is InChI=1S/C10H7BrF5NO3/c1-19-9(18)6-5(20-10(14,15)16)2-4(3-11)17-7(6)8(12)13/h2,8H,3H2,1H3. The zero-order valence-electron chi connectivity index (χ0n) is 9.80. The quantitative estimate of drug-likeness (QED) is 0.466. The second-order valence-corrected chi connectivity index (χ2v) is 3.91. The number of alkyl halides is 6. The summed E-state index contributed by atoms with van der Waals surface area (Å²) in [5.41, 5.74) is -2.33. The highest BCUT2D eigenvalue weighted by atomic mass is 79.9. The van der Waals surface area contributed by atoms with Crippen LogP contribution in [-0.4, -0.2) is 24.4 Å². The lowest BCUT2D eigenvalue weighted by atomic mass is 10.1. The lowest BCUT2D eigenvalue weighted by Crippen LogP contribution is -2.21. The van der Waals surface area contributed by atoms with Gasteiger partial charge >= 0.3 is 12.3 Å². The van der Waals surface area contributed by atoms with Crippen LogP contribution in [0.25, 0.3) is 0 Å². The molecule has 0 saturated heterocycles. The Kier molecular flexibility index (Phi) is 5.26. The molecule has 0 atom stereocenters. The molecule has 1 aromatic rings. The van der Waals surface area contributed by atoms with Gasteiger partial charge < -0.3 is 9.47 Å². The van der Waals surface area contributed by atoms with Gasteiger partial charge in [0.1, 0.15) is 17.0 Å². The fourth-order valence-corrected chi connectivity index (χ4v) is 1.62. The van der Waals surface area contributed by atoms with Gasteiger partial charge in [-0.2, -0.15) is 0 Å². The fraction of sp³-hybridized carbons (Fsp3) is 0.400. The Morgan fingerprint density at radius 2 is 2.05 bits per heavy atom. The number of carbonyl (C=O) groups excluding carboxylic acids is 1. The van der Waals surface area contributed by atoms with Crippen molar-refractivity contribution in [2.24, 2.45) is 0 Å². The Balaban J connectivity index is 3.51. The van der Waals surface area contributed by atoms with E-state index < -0.39 is 35.8 Å². The van der Waals surface area contributed by atoms with Crippen LogP contribution in [-0.2, 0) is 10.1 Å². The first kappa shape index (κ1) is 16.6. The molecule has 1 heterocycles. The van der Waals surface area contributed by atoms with Crippen LogP contribution in [0.2, 0.25) is 0 Å². The molecule has 0 saturated carbocycles. The summed E-state index contributed by atoms with van der Waals surface area (Å²) in [6, 6.07) is 0.736. The maximum atomic E-state index is 12.8. The highest BCUT2D eigenvalue weighted by molar-refractivity contribution is 9.08. The van der Waals surface area contributed by atoms with E-state index in [-0.39, 0.29) is 11.0 Å². The molecule has 0 aliphatic heterocycles. The second kappa shape index (κ2) is 6.33. The Hall–Kier alpha value is -1.45. The number of carbonyl (C=O) groups is 1. The van der Waals surface area contributed by atoms with Gasteiger partial charge in [0.25, 0.3) is 6.43 Å². The topological polar surface area (TPSA) is 48.4 Å². The minimum atomic E-state index is -5.15. The fourth-order valence-electron chi connectivity index (χ4n) is 1.33. The molecule has 112 valence electrons. The normalized spacial score (nSPS) is 11.6. The molecule has 20 heavy (non-hydrogen) atoms. The van der Waals surface area contributed by atoms with Gasteiger partial charge in [-0.1, -0.05) is 15.9 Å². The van der Waals surface area contributed by atoms with Gasteiger partial charge in [-0.05, 0) is 0 Å². The molecule has 0 spiro atoms. The smallest absolute Gasteiger partial charge is 0.465 e. The van der Waals surface area contributed by atoms with Crippen LogP contribution in [0.3, 0.4) is 0 Å². The molecule has 0 radical (unpaired) electrons. The maximum Gasteiger partial charge on any atom is 0.573 e. The van der Waals surface area contributed by atoms with E-state index in [1.165, 1.54) is 0 Å². The van der Waals surface area contributed by atoms with Gasteiger partial charge in [-0.25, -0.2) is 18.6 Å². The summed E-state index contributed by atoms with van der Waals surface area (Å²) in [6.07, 6.45) is -8.41. The van der Waals surface area contributed by atoms with E-state index in [9.17, 15) is 26.7 Å². The maximum absolute atomic E-state index is 12.8. The summed E-state index contributed by atoms with van der Waals surface area (Å²) >= 11 is 2.87. The zero-order valence-corrected chi connectivity index (χ0v) is 11.4. The first-order chi connectivity index (χ1) is 9.19. The van der Waals surface area contributed by atoms with Crippen LogP contribution in [0.5, 0.6) is 5.75 Å². The Labute approximate surface area is 118 Å². The van der Waals surface area contributed by atoms with Crippen molar-refractivity contribution in [3.63, 3.8) is 0 Å². The lowest BCUT2D eigenvalue weighted by molar-refractivity contribution is -0.274. The molecular formula is C10H7BrF5NO3. The Bertz CT molecular complexity index is 506. The third-order valence-corrected chi connectivity index (χ3v) is 2.60. The third kappa shape index (κ3) is 4.02. The largest absolute Gasteiger partial charge is 0.573 e. The van der Waals surface area contributed by atoms with Gasteiger partial charge in [-0.3, -0.25) is 0 Å². The van der Waals surface area contributed by atoms with E-state index in [1.807, 2.05) is 0 Å². The summed E-state index contributed by atoms with van der Waals surface area (Å²) < 4.78 is 70.2. The van der Waals surface area contributed by atoms with Crippen LogP contribution < -0.4 is 4.74 Å². The van der Waals surface area contributed by atoms with Crippen LogP contribution in [0.15, 0.2) is 6.07 Å². The summed E-state index contributed by atoms with van der Waals surface area (Å²) in [7, 11) is 0.841. The second-order valence-electron chi connectivity index (χ2n) is 3.35. The minimum absolute atomic E-state index is 0.0949. The summed E-state index contributed by atoms with van der Waals surface area (Å²) in [5.74, 6) is -2.47. The summed E-state index contributed by atoms with van der Waals surface area (Å²) in [4.78, 5) is 14.8. The van der Waals surface area contributed by atoms with Crippen molar-refractivity contribution in [2.75, 3.05) is 7.11 Å². The molecule has 0 unspecified atom stereocenters. The van der Waals surface area contributed by atoms with Crippen molar-refractivity contribution >= 4 is 21.9 Å². The molecule has 0 fully saturated rings. The number of hydrogen-bond donors (Lipinski definition) is 0. The van der Waals surface area contributed by atoms with Crippen LogP contribution in [0, 0.1) is 0 Å². The molecule has 0 aliphatic carbocycles. The van der Waals surface area contributed by atoms with Gasteiger partial charge in [0.2, 0.25) is 0 Å². The van der Waals surface area contributed by atoms with Crippen molar-refractivity contribution < 1.29 is 36.2 Å². The van der Waals surface area contributed by atoms with Crippen LogP contribution in [0.1, 0.15) is 28.2 Å². The van der Waals surface area contributed by atoms with Crippen molar-refractivity contribution in [3.8, 4) is 5.75 Å². The molecule has 0 aliphatic rings. The number of pyridine rings is 1. The molecule has 0 N–H and O–H groups in total. The Morgan fingerprint density at radius 1 is 1.45 bits per heavy atom. The predicted octanol–water partition coefficient (Wildman–Crippen LogP) is 3.60. The van der Waals surface area contributed by atoms with Gasteiger partial charge in [0, 0.05) is 11.4 Å². The number of aromatic nitrogens is 1. The molecule has 1 rings (SSSR count). The van der Waals surface area contributed by atoms with Crippen molar-refractivity contribution in [1.29, 1.82) is 0 Å². The molecule has 1 aromatic heterocycles. The van der Waals surface area contributed by atoms with Crippen molar-refractivity contribution in [3.05, 3.63) is 23.0 Å². The van der Waals surface area contributed by atoms with Crippen LogP contribution >= 0.6 is 15.9 Å². The van der Waals surface area contributed by atoms with Crippen molar-refractivity contribution in [2.45, 2.75) is 18.1 Å². The number of esters is 1. The number of ether oxygens (including phenoxy) is 2. The number of nitrogens with zero attached hydrogens (tertiary/aromatic N) is 1. The van der Waals surface area contributed by atoms with E-state index in [4.69, 9.17) is 0 Å². The molecule has 0 amide bonds. The summed E-state index contributed by atoms with van der Waals surface area (Å²) in [5, 5.41) is -0.0949. The number of halogens is 6. The average Bonchev–Trinajstić information content (AvgIpc) is 2.34. The number of hydrogen-bond acceptors (Lipinski definition) is 4. The van der Waals surface area contributed by atoms with Gasteiger partial charge in [-0.15, -0.1) is 13.2 Å². The highest BCUT2D eigenvalue weighted by Gasteiger charge is 2.36. The average molecular weight is 364 g/mol. The lowest BCUT2D eigenvalue weighted by Gasteiger charge is -2.15. The number of rotatable bonds is 4. The monoisotopic (exact) mass is 363 g/mol. The van der Waals surface area contributed by atoms with Gasteiger partial charge in [0.15, 0.2) is 0 Å².